The van der Waals surface area contributed by atoms with Crippen molar-refractivity contribution in [1.29, 1.82) is 0 Å². The maximum Gasteiger partial charge on any atom is 0.191 e. The lowest BCUT2D eigenvalue weighted by Crippen LogP contribution is -2.47. The van der Waals surface area contributed by atoms with Crippen LogP contribution < -0.4 is 10.6 Å². The Kier molecular flexibility index (Phi) is 5.18. The van der Waals surface area contributed by atoms with Gasteiger partial charge in [0, 0.05) is 20.1 Å². The van der Waals surface area contributed by atoms with E-state index in [0.717, 1.165) is 25.5 Å². The lowest BCUT2D eigenvalue weighted by molar-refractivity contribution is 0.0992. The van der Waals surface area contributed by atoms with E-state index in [1.165, 1.54) is 24.0 Å². The number of rotatable bonds is 5. The molecule has 5 nitrogen and oxygen atoms in total. The highest BCUT2D eigenvalue weighted by molar-refractivity contribution is 5.80. The summed E-state index contributed by atoms with van der Waals surface area (Å²) in [4.78, 5) is 6.53. The van der Waals surface area contributed by atoms with Crippen molar-refractivity contribution < 1.29 is 4.74 Å². The number of guanidine groups is 1. The fourth-order valence-corrected chi connectivity index (χ4v) is 3.55. The predicted molar refractivity (Wildman–Crippen MR) is 93.5 cm³/mol. The third kappa shape index (κ3) is 4.24. The van der Waals surface area contributed by atoms with Gasteiger partial charge in [0.15, 0.2) is 5.96 Å². The minimum atomic E-state index is 0.363. The Morgan fingerprint density at radius 3 is 2.78 bits per heavy atom. The summed E-state index contributed by atoms with van der Waals surface area (Å²) in [6.07, 6.45) is 4.31. The molecule has 5 heteroatoms. The van der Waals surface area contributed by atoms with Crippen molar-refractivity contribution in [2.24, 2.45) is 4.99 Å². The van der Waals surface area contributed by atoms with Gasteiger partial charge in [-0.1, -0.05) is 24.3 Å². The third-order valence-corrected chi connectivity index (χ3v) is 4.60. The Labute approximate surface area is 139 Å². The van der Waals surface area contributed by atoms with Crippen LogP contribution in [0, 0.1) is 0 Å². The fourth-order valence-electron chi connectivity index (χ4n) is 3.55. The Bertz CT molecular complexity index is 558. The number of hydrogen-bond acceptors (Lipinski definition) is 3. The van der Waals surface area contributed by atoms with Crippen LogP contribution in [-0.2, 0) is 17.8 Å². The number of fused-ring (bicyclic) bond motifs is 2. The maximum atomic E-state index is 5.90. The molecular weight excluding hydrogens is 288 g/mol. The summed E-state index contributed by atoms with van der Waals surface area (Å²) >= 11 is 0. The molecule has 3 unspecified atom stereocenters. The van der Waals surface area contributed by atoms with Crippen molar-refractivity contribution in [1.82, 2.24) is 15.5 Å². The summed E-state index contributed by atoms with van der Waals surface area (Å²) in [5.74, 6) is 0.865. The van der Waals surface area contributed by atoms with Crippen LogP contribution in [0.15, 0.2) is 29.3 Å². The number of hydrogen-bond donors (Lipinski definition) is 2. The van der Waals surface area contributed by atoms with Gasteiger partial charge in [0.25, 0.3) is 0 Å². The number of benzene rings is 1. The van der Waals surface area contributed by atoms with Crippen molar-refractivity contribution >= 4 is 5.96 Å². The molecular formula is C18H28N4O. The van der Waals surface area contributed by atoms with Crippen LogP contribution in [0.25, 0.3) is 0 Å². The molecule has 0 aromatic heterocycles. The highest BCUT2D eigenvalue weighted by Gasteiger charge is 2.41. The van der Waals surface area contributed by atoms with Gasteiger partial charge in [-0.25, -0.2) is 0 Å². The number of nitrogens with zero attached hydrogens (tertiary/aromatic N) is 2. The average Bonchev–Trinajstić information content (AvgIpc) is 3.13. The van der Waals surface area contributed by atoms with E-state index < -0.39 is 0 Å². The van der Waals surface area contributed by atoms with Gasteiger partial charge < -0.3 is 20.3 Å². The van der Waals surface area contributed by atoms with Gasteiger partial charge in [-0.2, -0.15) is 0 Å². The van der Waals surface area contributed by atoms with Crippen LogP contribution in [0.3, 0.4) is 0 Å². The molecule has 2 fully saturated rings. The quantitative estimate of drug-likeness (QED) is 0.642. The summed E-state index contributed by atoms with van der Waals surface area (Å²) in [6, 6.07) is 9.10. The molecule has 1 aromatic carbocycles. The van der Waals surface area contributed by atoms with Gasteiger partial charge in [-0.3, -0.25) is 4.99 Å². The second-order valence-corrected chi connectivity index (χ2v) is 6.84. The second kappa shape index (κ2) is 7.32. The van der Waals surface area contributed by atoms with E-state index in [1.54, 1.807) is 0 Å². The molecule has 0 spiro atoms. The van der Waals surface area contributed by atoms with Crippen LogP contribution in [0.2, 0.25) is 0 Å². The largest absolute Gasteiger partial charge is 0.373 e. The molecule has 23 heavy (non-hydrogen) atoms. The molecule has 0 amide bonds. The molecule has 2 heterocycles. The van der Waals surface area contributed by atoms with Gasteiger partial charge in [0.05, 0.1) is 18.2 Å². The Morgan fingerprint density at radius 1 is 1.30 bits per heavy atom. The molecule has 0 aliphatic carbocycles. The van der Waals surface area contributed by atoms with E-state index in [9.17, 15) is 0 Å². The van der Waals surface area contributed by atoms with Crippen LogP contribution in [0.4, 0.5) is 0 Å². The molecule has 2 bridgehead atoms. The molecule has 3 atom stereocenters. The highest BCUT2D eigenvalue weighted by Crippen LogP contribution is 2.34. The molecule has 3 rings (SSSR count). The van der Waals surface area contributed by atoms with Gasteiger partial charge >= 0.3 is 0 Å². The first-order valence-corrected chi connectivity index (χ1v) is 8.49. The summed E-state index contributed by atoms with van der Waals surface area (Å²) in [6.45, 7) is 1.74. The molecule has 126 valence electrons. The van der Waals surface area contributed by atoms with Crippen molar-refractivity contribution in [2.75, 3.05) is 21.1 Å². The van der Waals surface area contributed by atoms with Gasteiger partial charge in [0.1, 0.15) is 0 Å². The van der Waals surface area contributed by atoms with E-state index in [1.807, 2.05) is 7.05 Å². The maximum absolute atomic E-state index is 5.90. The Balaban J connectivity index is 1.52. The minimum absolute atomic E-state index is 0.363. The van der Waals surface area contributed by atoms with Crippen LogP contribution in [0.5, 0.6) is 0 Å². The zero-order valence-corrected chi connectivity index (χ0v) is 14.4. The first-order valence-electron chi connectivity index (χ1n) is 8.49. The summed E-state index contributed by atoms with van der Waals surface area (Å²) in [7, 11) is 6.01. The lowest BCUT2D eigenvalue weighted by Gasteiger charge is -2.22. The highest BCUT2D eigenvalue weighted by atomic mass is 16.5. The molecule has 1 aromatic rings. The summed E-state index contributed by atoms with van der Waals surface area (Å²) in [5.41, 5.74) is 2.61. The summed E-state index contributed by atoms with van der Waals surface area (Å²) in [5, 5.41) is 6.94. The van der Waals surface area contributed by atoms with Gasteiger partial charge in [-0.05, 0) is 44.5 Å². The van der Waals surface area contributed by atoms with Crippen LogP contribution in [0.1, 0.15) is 30.4 Å². The Hall–Kier alpha value is -1.59. The first-order chi connectivity index (χ1) is 11.1. The third-order valence-electron chi connectivity index (χ3n) is 4.60. The zero-order valence-electron chi connectivity index (χ0n) is 14.4. The predicted octanol–water partition coefficient (Wildman–Crippen LogP) is 1.73. The number of aliphatic imine (C=N–C) groups is 1. The Morgan fingerprint density at radius 2 is 2.13 bits per heavy atom. The molecule has 0 saturated carbocycles. The topological polar surface area (TPSA) is 48.9 Å². The van der Waals surface area contributed by atoms with Crippen molar-refractivity contribution in [3.05, 3.63) is 35.4 Å². The first kappa shape index (κ1) is 16.3. The second-order valence-electron chi connectivity index (χ2n) is 6.84. The van der Waals surface area contributed by atoms with Gasteiger partial charge in [0.2, 0.25) is 0 Å². The van der Waals surface area contributed by atoms with E-state index in [0.29, 0.717) is 18.2 Å². The molecule has 2 aliphatic heterocycles. The summed E-state index contributed by atoms with van der Waals surface area (Å²) < 4.78 is 5.90. The monoisotopic (exact) mass is 316 g/mol. The van der Waals surface area contributed by atoms with E-state index in [4.69, 9.17) is 4.74 Å². The van der Waals surface area contributed by atoms with Crippen molar-refractivity contribution in [3.63, 3.8) is 0 Å². The van der Waals surface area contributed by atoms with E-state index >= 15 is 0 Å². The van der Waals surface area contributed by atoms with Crippen molar-refractivity contribution in [3.8, 4) is 0 Å². The smallest absolute Gasteiger partial charge is 0.191 e. The fraction of sp³-hybridized carbons (Fsp3) is 0.611. The molecule has 2 saturated heterocycles. The van der Waals surface area contributed by atoms with Crippen LogP contribution >= 0.6 is 0 Å². The molecule has 2 N–H and O–H groups in total. The lowest BCUT2D eigenvalue weighted by atomic mass is 9.96. The molecule has 0 radical (unpaired) electrons. The number of ether oxygens (including phenoxy) is 1. The molecule has 2 aliphatic rings. The van der Waals surface area contributed by atoms with E-state index in [-0.39, 0.29) is 0 Å². The standard InChI is InChI=1S/C18H28N4O/c1-19-18(21-16-10-15-7-8-17(16)23-15)20-11-13-5-4-6-14(9-13)12-22(2)3/h4-6,9,15-17H,7-8,10-12H2,1-3H3,(H2,19,20,21). The van der Waals surface area contributed by atoms with Gasteiger partial charge in [-0.15, -0.1) is 0 Å². The van der Waals surface area contributed by atoms with Crippen LogP contribution in [-0.4, -0.2) is 50.3 Å². The van der Waals surface area contributed by atoms with E-state index in [2.05, 4.69) is 58.9 Å². The average molecular weight is 316 g/mol. The number of nitrogens with one attached hydrogen (secondary N) is 2. The zero-order chi connectivity index (χ0) is 16.2. The normalized spacial score (nSPS) is 26.8. The SMILES string of the molecule is CN=C(NCc1cccc(CN(C)C)c1)NC1CC2CCC1O2. The van der Waals surface area contributed by atoms with Crippen molar-refractivity contribution in [2.45, 2.75) is 50.6 Å². The minimum Gasteiger partial charge on any atom is -0.373 e.